The minimum atomic E-state index is -0.670. The fourth-order valence-corrected chi connectivity index (χ4v) is 3.01. The van der Waals surface area contributed by atoms with Gasteiger partial charge in [0.15, 0.2) is 0 Å². The van der Waals surface area contributed by atoms with Gasteiger partial charge in [-0.1, -0.05) is 24.8 Å². The molecule has 0 spiro atoms. The molecular weight excluding hydrogens is 316 g/mol. The number of aryl methyl sites for hydroxylation is 1. The van der Waals surface area contributed by atoms with Crippen molar-refractivity contribution in [3.63, 3.8) is 0 Å². The van der Waals surface area contributed by atoms with Crippen LogP contribution in [-0.4, -0.2) is 42.4 Å². The van der Waals surface area contributed by atoms with Crippen LogP contribution in [-0.2, 0) is 15.1 Å². The smallest absolute Gasteiger partial charge is 0.227 e. The largest absolute Gasteiger partial charge is 0.379 e. The molecule has 2 N–H and O–H groups in total. The van der Waals surface area contributed by atoms with Crippen LogP contribution in [0.15, 0.2) is 12.7 Å². The molecule has 1 aliphatic heterocycles. The molecule has 0 saturated carbocycles. The Morgan fingerprint density at radius 1 is 1.40 bits per heavy atom. The van der Waals surface area contributed by atoms with Gasteiger partial charge in [-0.15, -0.1) is 0 Å². The first-order valence-corrected chi connectivity index (χ1v) is 8.64. The highest BCUT2D eigenvalue weighted by atomic mass is 16.5. The molecule has 1 atom stereocenters. The van der Waals surface area contributed by atoms with Crippen molar-refractivity contribution in [3.8, 4) is 0 Å². The average Bonchev–Trinajstić information content (AvgIpc) is 2.84. The number of carbonyl (C=O) groups is 1. The minimum Gasteiger partial charge on any atom is -0.379 e. The Balaban J connectivity index is 2.38. The summed E-state index contributed by atoms with van der Waals surface area (Å²) in [5, 5.41) is 16.9. The number of carbonyl (C=O) groups excluding carboxylic acids is 1. The van der Waals surface area contributed by atoms with Crippen molar-refractivity contribution in [2.45, 2.75) is 33.2 Å². The summed E-state index contributed by atoms with van der Waals surface area (Å²) in [5.41, 5.74) is 0.904. The van der Waals surface area contributed by atoms with E-state index < -0.39 is 5.54 Å². The van der Waals surface area contributed by atoms with Crippen LogP contribution in [0.2, 0.25) is 0 Å². The Labute approximate surface area is 149 Å². The zero-order chi connectivity index (χ0) is 18.4. The van der Waals surface area contributed by atoms with E-state index in [0.29, 0.717) is 19.8 Å². The quantitative estimate of drug-likeness (QED) is 0.813. The van der Waals surface area contributed by atoms with Crippen LogP contribution in [0.4, 0.5) is 0 Å². The van der Waals surface area contributed by atoms with E-state index in [1.165, 1.54) is 0 Å². The van der Waals surface area contributed by atoms with Gasteiger partial charge in [0.25, 0.3) is 0 Å². The fourth-order valence-electron chi connectivity index (χ4n) is 3.01. The predicted molar refractivity (Wildman–Crippen MR) is 99.2 cm³/mol. The number of amides is 1. The summed E-state index contributed by atoms with van der Waals surface area (Å²) in [6.45, 7) is 14.0. The molecule has 0 aromatic carbocycles. The maximum atomic E-state index is 12.7. The molecule has 1 aliphatic rings. The van der Waals surface area contributed by atoms with Gasteiger partial charge in [-0.3, -0.25) is 4.79 Å². The van der Waals surface area contributed by atoms with E-state index in [-0.39, 0.29) is 11.8 Å². The highest BCUT2D eigenvalue weighted by Crippen LogP contribution is 2.15. The summed E-state index contributed by atoms with van der Waals surface area (Å²) in [7, 11) is 0. The van der Waals surface area contributed by atoms with Crippen LogP contribution in [0.5, 0.6) is 0 Å². The first kappa shape index (κ1) is 19.3. The van der Waals surface area contributed by atoms with Gasteiger partial charge < -0.3 is 15.4 Å². The van der Waals surface area contributed by atoms with E-state index in [4.69, 9.17) is 4.74 Å². The Hall–Kier alpha value is -2.05. The third-order valence-electron chi connectivity index (χ3n) is 4.34. The lowest BCUT2D eigenvalue weighted by atomic mass is 9.95. The zero-order valence-corrected chi connectivity index (χ0v) is 15.6. The number of nitrogens with zero attached hydrogens (tertiary/aromatic N) is 2. The van der Waals surface area contributed by atoms with Crippen LogP contribution >= 0.6 is 0 Å². The highest BCUT2D eigenvalue weighted by Gasteiger charge is 2.30. The number of hydrogen-bond acceptors (Lipinski definition) is 5. The molecule has 1 aromatic heterocycles. The van der Waals surface area contributed by atoms with Crippen LogP contribution in [0.1, 0.15) is 32.2 Å². The van der Waals surface area contributed by atoms with Gasteiger partial charge in [0.05, 0.1) is 36.1 Å². The van der Waals surface area contributed by atoms with Gasteiger partial charge in [-0.25, -0.2) is 0 Å². The van der Waals surface area contributed by atoms with Crippen molar-refractivity contribution >= 4 is 18.1 Å². The Kier molecular flexibility index (Phi) is 6.45. The second-order valence-corrected chi connectivity index (χ2v) is 6.74. The molecule has 1 saturated heterocycles. The number of nitrogens with one attached hydrogen (secondary N) is 2. The summed E-state index contributed by atoms with van der Waals surface area (Å²) >= 11 is 0. The summed E-state index contributed by atoms with van der Waals surface area (Å²) in [4.78, 5) is 12.7. The summed E-state index contributed by atoms with van der Waals surface area (Å²) in [5.74, 6) is -0.266. The number of ether oxygens (including phenoxy) is 1. The lowest BCUT2D eigenvalue weighted by Gasteiger charge is -2.28. The second-order valence-electron chi connectivity index (χ2n) is 6.74. The van der Waals surface area contributed by atoms with E-state index in [1.54, 1.807) is 6.08 Å². The van der Waals surface area contributed by atoms with Crippen LogP contribution in [0.3, 0.4) is 0 Å². The van der Waals surface area contributed by atoms with Crippen molar-refractivity contribution in [1.29, 1.82) is 0 Å². The Morgan fingerprint density at radius 2 is 2.16 bits per heavy atom. The van der Waals surface area contributed by atoms with Gasteiger partial charge in [-0.2, -0.15) is 10.2 Å². The highest BCUT2D eigenvalue weighted by molar-refractivity contribution is 5.80. The molecule has 1 fully saturated rings. The summed E-state index contributed by atoms with van der Waals surface area (Å²) in [6, 6.07) is 0. The van der Waals surface area contributed by atoms with E-state index >= 15 is 0 Å². The van der Waals surface area contributed by atoms with E-state index in [1.807, 2.05) is 39.8 Å². The Bertz CT molecular complexity index is 747. The topological polar surface area (TPSA) is 76.1 Å². The van der Waals surface area contributed by atoms with Gasteiger partial charge in [0.2, 0.25) is 5.91 Å². The van der Waals surface area contributed by atoms with Crippen molar-refractivity contribution in [3.05, 3.63) is 34.5 Å². The average molecular weight is 344 g/mol. The zero-order valence-electron chi connectivity index (χ0n) is 15.6. The van der Waals surface area contributed by atoms with Crippen LogP contribution in [0, 0.1) is 12.8 Å². The van der Waals surface area contributed by atoms with E-state index in [2.05, 4.69) is 27.4 Å². The van der Waals surface area contributed by atoms with Gasteiger partial charge >= 0.3 is 0 Å². The SMILES string of the molecule is C=C/C=c1/c(C(C)(C)NC(=O)C2CNCCOC2)nnc(C)/c1=C/C. The van der Waals surface area contributed by atoms with Gasteiger partial charge in [0, 0.05) is 23.5 Å². The van der Waals surface area contributed by atoms with Crippen molar-refractivity contribution < 1.29 is 9.53 Å². The fraction of sp³-hybridized carbons (Fsp3) is 0.526. The molecule has 1 unspecified atom stereocenters. The Morgan fingerprint density at radius 3 is 2.84 bits per heavy atom. The molecule has 0 aliphatic carbocycles. The normalized spacial score (nSPS) is 20.2. The van der Waals surface area contributed by atoms with Crippen LogP contribution < -0.4 is 21.1 Å². The first-order valence-electron chi connectivity index (χ1n) is 8.64. The molecule has 6 nitrogen and oxygen atoms in total. The first-order chi connectivity index (χ1) is 11.9. The molecule has 6 heteroatoms. The lowest BCUT2D eigenvalue weighted by molar-refractivity contribution is -0.128. The van der Waals surface area contributed by atoms with Crippen LogP contribution in [0.25, 0.3) is 12.2 Å². The molecule has 1 aromatic rings. The second kappa shape index (κ2) is 8.36. The number of allylic oxidation sites excluding steroid dienone is 1. The molecule has 25 heavy (non-hydrogen) atoms. The third-order valence-corrected chi connectivity index (χ3v) is 4.34. The number of rotatable bonds is 4. The molecule has 0 bridgehead atoms. The van der Waals surface area contributed by atoms with E-state index in [0.717, 1.165) is 28.4 Å². The maximum Gasteiger partial charge on any atom is 0.227 e. The van der Waals surface area contributed by atoms with Gasteiger partial charge in [-0.05, 0) is 27.7 Å². The molecule has 0 radical (unpaired) electrons. The third kappa shape index (κ3) is 4.52. The lowest BCUT2D eigenvalue weighted by Crippen LogP contribution is -2.51. The maximum absolute atomic E-state index is 12.7. The monoisotopic (exact) mass is 344 g/mol. The molecule has 136 valence electrons. The standard InChI is InChI=1S/C19H28N4O2/c1-6-8-16-15(7-2)13(3)22-23-17(16)19(4,5)21-18(24)14-11-20-9-10-25-12-14/h6-8,14,20H,1,9-12H2,2-5H3,(H,21,24)/b15-7-,16-8+. The summed E-state index contributed by atoms with van der Waals surface area (Å²) in [6.07, 6.45) is 5.65. The predicted octanol–water partition coefficient (Wildman–Crippen LogP) is 0.139. The molecular formula is C19H28N4O2. The van der Waals surface area contributed by atoms with Gasteiger partial charge in [0.1, 0.15) is 0 Å². The molecule has 1 amide bonds. The van der Waals surface area contributed by atoms with Crippen molar-refractivity contribution in [1.82, 2.24) is 20.8 Å². The van der Waals surface area contributed by atoms with E-state index in [9.17, 15) is 4.79 Å². The summed E-state index contributed by atoms with van der Waals surface area (Å²) < 4.78 is 5.49. The van der Waals surface area contributed by atoms with Crippen molar-refractivity contribution in [2.24, 2.45) is 5.92 Å². The van der Waals surface area contributed by atoms with Crippen molar-refractivity contribution in [2.75, 3.05) is 26.3 Å². The minimum absolute atomic E-state index is 0.0478. The number of hydrogen-bond donors (Lipinski definition) is 2. The molecule has 2 rings (SSSR count). The molecule has 2 heterocycles. The number of aromatic nitrogens is 2.